The fourth-order valence-electron chi connectivity index (χ4n) is 1.59. The summed E-state index contributed by atoms with van der Waals surface area (Å²) >= 11 is 0. The minimum atomic E-state index is -0.0428. The Hall–Kier alpha value is -1.90. The Morgan fingerprint density at radius 3 is 3.07 bits per heavy atom. The third-order valence-electron chi connectivity index (χ3n) is 2.27. The molecule has 0 unspecified atom stereocenters. The number of fused-ring (bicyclic) bond motifs is 1. The lowest BCUT2D eigenvalue weighted by molar-refractivity contribution is 0.805. The zero-order valence-electron chi connectivity index (χ0n) is 8.60. The van der Waals surface area contributed by atoms with Crippen molar-refractivity contribution in [3.05, 3.63) is 53.0 Å². The Morgan fingerprint density at radius 2 is 2.33 bits per heavy atom. The highest BCUT2D eigenvalue weighted by molar-refractivity contribution is 5.75. The first-order chi connectivity index (χ1) is 7.22. The molecule has 0 fully saturated rings. The number of rotatable bonds is 2. The van der Waals surface area contributed by atoms with E-state index in [0.717, 1.165) is 10.9 Å². The molecule has 0 aliphatic carbocycles. The molecule has 0 atom stereocenters. The van der Waals surface area contributed by atoms with Gasteiger partial charge in [0.15, 0.2) is 0 Å². The van der Waals surface area contributed by atoms with Crippen molar-refractivity contribution in [1.29, 1.82) is 0 Å². The Bertz CT molecular complexity index is 569. The lowest BCUT2D eigenvalue weighted by Crippen LogP contribution is -2.19. The first kappa shape index (κ1) is 9.65. The number of hydrogen-bond donors (Lipinski definition) is 0. The molecule has 0 saturated carbocycles. The van der Waals surface area contributed by atoms with Crippen LogP contribution in [0.2, 0.25) is 0 Å². The number of aryl methyl sites for hydroxylation is 1. The van der Waals surface area contributed by atoms with Gasteiger partial charge in [-0.25, -0.2) is 4.98 Å². The monoisotopic (exact) mass is 200 g/mol. The molecule has 0 amide bonds. The second kappa shape index (κ2) is 3.69. The van der Waals surface area contributed by atoms with Crippen LogP contribution in [0.3, 0.4) is 0 Å². The lowest BCUT2D eigenvalue weighted by atomic mass is 10.2. The standard InChI is InChI=1S/C12H12N2O/c1-3-6-14-11(15)5-4-10-7-9(2)8-13-12(10)14/h3-5,7-8H,1,6H2,2H3. The largest absolute Gasteiger partial charge is 0.289 e. The summed E-state index contributed by atoms with van der Waals surface area (Å²) in [5.74, 6) is 0. The van der Waals surface area contributed by atoms with Crippen molar-refractivity contribution in [2.24, 2.45) is 0 Å². The second-order valence-electron chi connectivity index (χ2n) is 3.50. The maximum atomic E-state index is 11.6. The molecule has 0 bridgehead atoms. The van der Waals surface area contributed by atoms with Crippen molar-refractivity contribution in [3.8, 4) is 0 Å². The molecule has 0 aliphatic heterocycles. The van der Waals surface area contributed by atoms with Gasteiger partial charge >= 0.3 is 0 Å². The van der Waals surface area contributed by atoms with Gasteiger partial charge in [0.1, 0.15) is 5.65 Å². The average Bonchev–Trinajstić information content (AvgIpc) is 2.22. The van der Waals surface area contributed by atoms with Gasteiger partial charge in [0, 0.05) is 24.2 Å². The van der Waals surface area contributed by atoms with E-state index < -0.39 is 0 Å². The molecule has 3 nitrogen and oxygen atoms in total. The average molecular weight is 200 g/mol. The van der Waals surface area contributed by atoms with E-state index in [1.807, 2.05) is 13.0 Å². The number of allylic oxidation sites excluding steroid dienone is 1. The molecule has 0 aliphatic rings. The van der Waals surface area contributed by atoms with Crippen LogP contribution >= 0.6 is 0 Å². The topological polar surface area (TPSA) is 34.9 Å². The van der Waals surface area contributed by atoms with Gasteiger partial charge in [-0.15, -0.1) is 6.58 Å². The smallest absolute Gasteiger partial charge is 0.252 e. The third-order valence-corrected chi connectivity index (χ3v) is 2.27. The maximum Gasteiger partial charge on any atom is 0.252 e. The number of hydrogen-bond acceptors (Lipinski definition) is 2. The molecule has 2 heterocycles. The van der Waals surface area contributed by atoms with E-state index in [1.54, 1.807) is 29.0 Å². The molecule has 15 heavy (non-hydrogen) atoms. The molecule has 0 N–H and O–H groups in total. The highest BCUT2D eigenvalue weighted by Crippen LogP contribution is 2.10. The predicted octanol–water partition coefficient (Wildman–Crippen LogP) is 1.89. The van der Waals surface area contributed by atoms with Crippen molar-refractivity contribution in [2.75, 3.05) is 0 Å². The summed E-state index contributed by atoms with van der Waals surface area (Å²) < 4.78 is 1.61. The first-order valence-corrected chi connectivity index (χ1v) is 4.79. The Labute approximate surface area is 87.7 Å². The summed E-state index contributed by atoms with van der Waals surface area (Å²) in [5, 5.41) is 0.983. The minimum absolute atomic E-state index is 0.0428. The van der Waals surface area contributed by atoms with Gasteiger partial charge in [-0.05, 0) is 24.6 Å². The normalized spacial score (nSPS) is 10.5. The van der Waals surface area contributed by atoms with Crippen LogP contribution in [0.15, 0.2) is 41.8 Å². The van der Waals surface area contributed by atoms with E-state index in [4.69, 9.17) is 0 Å². The summed E-state index contributed by atoms with van der Waals surface area (Å²) in [6.45, 7) is 6.11. The fourth-order valence-corrected chi connectivity index (χ4v) is 1.59. The van der Waals surface area contributed by atoms with Gasteiger partial charge in [0.05, 0.1) is 0 Å². The van der Waals surface area contributed by atoms with Crippen molar-refractivity contribution in [3.63, 3.8) is 0 Å². The summed E-state index contributed by atoms with van der Waals surface area (Å²) in [6.07, 6.45) is 3.46. The lowest BCUT2D eigenvalue weighted by Gasteiger charge is -2.06. The van der Waals surface area contributed by atoms with Crippen molar-refractivity contribution in [2.45, 2.75) is 13.5 Å². The van der Waals surface area contributed by atoms with Crippen LogP contribution in [-0.2, 0) is 6.54 Å². The summed E-state index contributed by atoms with van der Waals surface area (Å²) in [6, 6.07) is 5.38. The van der Waals surface area contributed by atoms with Gasteiger partial charge in [-0.1, -0.05) is 6.08 Å². The Kier molecular flexibility index (Phi) is 2.37. The van der Waals surface area contributed by atoms with Gasteiger partial charge in [0.2, 0.25) is 0 Å². The van der Waals surface area contributed by atoms with Crippen molar-refractivity contribution in [1.82, 2.24) is 9.55 Å². The molecule has 2 aromatic rings. The SMILES string of the molecule is C=CCn1c(=O)ccc2cc(C)cnc21. The number of nitrogens with zero attached hydrogens (tertiary/aromatic N) is 2. The van der Waals surface area contributed by atoms with Gasteiger partial charge in [-0.2, -0.15) is 0 Å². The molecular weight excluding hydrogens is 188 g/mol. The second-order valence-corrected chi connectivity index (χ2v) is 3.50. The van der Waals surface area contributed by atoms with E-state index >= 15 is 0 Å². The Morgan fingerprint density at radius 1 is 1.53 bits per heavy atom. The van der Waals surface area contributed by atoms with E-state index in [9.17, 15) is 4.79 Å². The van der Waals surface area contributed by atoms with E-state index in [2.05, 4.69) is 11.6 Å². The molecule has 3 heteroatoms. The van der Waals surface area contributed by atoms with Crippen LogP contribution in [0.4, 0.5) is 0 Å². The minimum Gasteiger partial charge on any atom is -0.289 e. The van der Waals surface area contributed by atoms with Gasteiger partial charge in [-0.3, -0.25) is 9.36 Å². The quantitative estimate of drug-likeness (QED) is 0.694. The van der Waals surface area contributed by atoms with Crippen LogP contribution in [0.5, 0.6) is 0 Å². The zero-order chi connectivity index (χ0) is 10.8. The highest BCUT2D eigenvalue weighted by Gasteiger charge is 2.02. The van der Waals surface area contributed by atoms with Crippen molar-refractivity contribution < 1.29 is 0 Å². The molecule has 0 aromatic carbocycles. The molecule has 0 saturated heterocycles. The van der Waals surface area contributed by atoms with E-state index in [0.29, 0.717) is 12.2 Å². The maximum absolute atomic E-state index is 11.6. The molecule has 76 valence electrons. The van der Waals surface area contributed by atoms with Crippen LogP contribution in [0.1, 0.15) is 5.56 Å². The van der Waals surface area contributed by atoms with Gasteiger partial charge < -0.3 is 0 Å². The molecule has 0 spiro atoms. The molecule has 2 aromatic heterocycles. The molecule has 2 rings (SSSR count). The highest BCUT2D eigenvalue weighted by atomic mass is 16.1. The van der Waals surface area contributed by atoms with Crippen LogP contribution in [0, 0.1) is 6.92 Å². The van der Waals surface area contributed by atoms with E-state index in [-0.39, 0.29) is 5.56 Å². The third kappa shape index (κ3) is 1.68. The van der Waals surface area contributed by atoms with E-state index in [1.165, 1.54) is 0 Å². The predicted molar refractivity (Wildman–Crippen MR) is 60.9 cm³/mol. The van der Waals surface area contributed by atoms with Crippen LogP contribution in [0.25, 0.3) is 11.0 Å². The Balaban J connectivity index is 2.81. The summed E-state index contributed by atoms with van der Waals surface area (Å²) in [7, 11) is 0. The van der Waals surface area contributed by atoms with Crippen LogP contribution in [-0.4, -0.2) is 9.55 Å². The van der Waals surface area contributed by atoms with Gasteiger partial charge in [0.25, 0.3) is 5.56 Å². The number of aromatic nitrogens is 2. The van der Waals surface area contributed by atoms with Crippen LogP contribution < -0.4 is 5.56 Å². The first-order valence-electron chi connectivity index (χ1n) is 4.79. The molecule has 0 radical (unpaired) electrons. The summed E-state index contributed by atoms with van der Waals surface area (Å²) in [5.41, 5.74) is 1.76. The summed E-state index contributed by atoms with van der Waals surface area (Å²) in [4.78, 5) is 15.9. The molecular formula is C12H12N2O. The fraction of sp³-hybridized carbons (Fsp3) is 0.167. The number of pyridine rings is 2. The van der Waals surface area contributed by atoms with Crippen molar-refractivity contribution >= 4 is 11.0 Å². The zero-order valence-corrected chi connectivity index (χ0v) is 8.60.